The third kappa shape index (κ3) is 4.03. The van der Waals surface area contributed by atoms with Crippen LogP contribution in [0.5, 0.6) is 0 Å². The molecule has 3 nitrogen and oxygen atoms in total. The number of aromatic nitrogens is 1. The molecule has 1 fully saturated rings. The molecule has 0 bridgehead atoms. The average molecular weight is 344 g/mol. The molecule has 25 heavy (non-hydrogen) atoms. The largest absolute Gasteiger partial charge is 0.416 e. The number of alkyl halides is 3. The Kier molecular flexibility index (Phi) is 4.81. The van der Waals surface area contributed by atoms with Crippen LogP contribution in [0.1, 0.15) is 16.7 Å². The van der Waals surface area contributed by atoms with Crippen LogP contribution in [0, 0.1) is 0 Å². The number of ketones is 1. The third-order valence-corrected chi connectivity index (χ3v) is 3.84. The van der Waals surface area contributed by atoms with Gasteiger partial charge >= 0.3 is 6.18 Å². The molecule has 0 atom stereocenters. The van der Waals surface area contributed by atoms with Gasteiger partial charge in [-0.15, -0.1) is 0 Å². The summed E-state index contributed by atoms with van der Waals surface area (Å²) in [6.45, 7) is 0.599. The highest BCUT2D eigenvalue weighted by atomic mass is 19.4. The Morgan fingerprint density at radius 3 is 2.40 bits per heavy atom. The maximum absolute atomic E-state index is 13.1. The Bertz CT molecular complexity index is 839. The number of Topliss-reactive ketones (excluding diaryl/α,β-unsaturated/α-hetero) is 1. The summed E-state index contributed by atoms with van der Waals surface area (Å²) >= 11 is 0. The molecule has 6 heteroatoms. The van der Waals surface area contributed by atoms with Gasteiger partial charge < -0.3 is 5.32 Å². The van der Waals surface area contributed by atoms with Gasteiger partial charge in [0.1, 0.15) is 0 Å². The van der Waals surface area contributed by atoms with Crippen molar-refractivity contribution in [1.82, 2.24) is 10.3 Å². The summed E-state index contributed by atoms with van der Waals surface area (Å²) in [5, 5.41) is 3.05. The van der Waals surface area contributed by atoms with Gasteiger partial charge in [0, 0.05) is 36.6 Å². The second-order valence-electron chi connectivity index (χ2n) is 5.64. The van der Waals surface area contributed by atoms with Gasteiger partial charge in [0.05, 0.1) is 5.56 Å². The van der Waals surface area contributed by atoms with Crippen molar-refractivity contribution in [2.24, 2.45) is 0 Å². The number of halogens is 3. The summed E-state index contributed by atoms with van der Waals surface area (Å²) < 4.78 is 39.3. The van der Waals surface area contributed by atoms with Gasteiger partial charge in [-0.25, -0.2) is 0 Å². The number of carbonyl (C=O) groups excluding carboxylic acids is 1. The van der Waals surface area contributed by atoms with Crippen LogP contribution < -0.4 is 5.32 Å². The van der Waals surface area contributed by atoms with Crippen LogP contribution in [0.2, 0.25) is 0 Å². The fourth-order valence-electron chi connectivity index (χ4n) is 2.66. The van der Waals surface area contributed by atoms with E-state index in [1.54, 1.807) is 24.5 Å². The lowest BCUT2D eigenvalue weighted by Gasteiger charge is -2.19. The second-order valence-corrected chi connectivity index (χ2v) is 5.64. The number of hydrogen-bond acceptors (Lipinski definition) is 3. The molecule has 0 spiro atoms. The minimum atomic E-state index is -4.47. The molecule has 1 N–H and O–H groups in total. The first-order chi connectivity index (χ1) is 11.9. The smallest absolute Gasteiger partial charge is 0.308 e. The monoisotopic (exact) mass is 344 g/mol. The average Bonchev–Trinajstić information content (AvgIpc) is 2.59. The number of piperidine rings is 1. The SMILES string of the molecule is O=C1/C(=C/c2cccnc2)CNC/C1=C\c1ccccc1C(F)(F)F. The molecule has 0 unspecified atom stereocenters. The van der Waals surface area contributed by atoms with Crippen LogP contribution in [-0.2, 0) is 11.0 Å². The Morgan fingerprint density at radius 2 is 1.72 bits per heavy atom. The zero-order valence-corrected chi connectivity index (χ0v) is 13.2. The molecule has 3 rings (SSSR count). The first-order valence-corrected chi connectivity index (χ1v) is 7.68. The molecule has 1 aliphatic rings. The molecule has 0 radical (unpaired) electrons. The van der Waals surface area contributed by atoms with Crippen molar-refractivity contribution in [3.05, 3.63) is 76.6 Å². The lowest BCUT2D eigenvalue weighted by molar-refractivity contribution is -0.137. The molecular weight excluding hydrogens is 329 g/mol. The first kappa shape index (κ1) is 17.1. The molecule has 2 heterocycles. The summed E-state index contributed by atoms with van der Waals surface area (Å²) in [7, 11) is 0. The topological polar surface area (TPSA) is 42.0 Å². The normalized spacial score (nSPS) is 18.8. The van der Waals surface area contributed by atoms with E-state index in [1.165, 1.54) is 24.3 Å². The summed E-state index contributed by atoms with van der Waals surface area (Å²) in [6, 6.07) is 8.80. The fraction of sp³-hybridized carbons (Fsp3) is 0.158. The van der Waals surface area contributed by atoms with E-state index >= 15 is 0 Å². The van der Waals surface area contributed by atoms with Gasteiger partial charge in [-0.1, -0.05) is 24.3 Å². The number of nitrogens with one attached hydrogen (secondary N) is 1. The number of hydrogen-bond donors (Lipinski definition) is 1. The van der Waals surface area contributed by atoms with Crippen molar-refractivity contribution in [1.29, 1.82) is 0 Å². The van der Waals surface area contributed by atoms with E-state index in [9.17, 15) is 18.0 Å². The Labute approximate surface area is 142 Å². The zero-order chi connectivity index (χ0) is 17.9. The summed E-state index contributed by atoms with van der Waals surface area (Å²) in [6.07, 6.45) is 1.80. The molecule has 1 aromatic carbocycles. The molecule has 1 aromatic heterocycles. The molecular formula is C19H15F3N2O. The quantitative estimate of drug-likeness (QED) is 0.844. The van der Waals surface area contributed by atoms with Crippen molar-refractivity contribution < 1.29 is 18.0 Å². The summed E-state index contributed by atoms with van der Waals surface area (Å²) in [5.74, 6) is -0.250. The van der Waals surface area contributed by atoms with Crippen molar-refractivity contribution in [2.45, 2.75) is 6.18 Å². The molecule has 128 valence electrons. The fourth-order valence-corrected chi connectivity index (χ4v) is 2.66. The Balaban J connectivity index is 1.95. The van der Waals surface area contributed by atoms with Crippen LogP contribution in [0.4, 0.5) is 13.2 Å². The number of nitrogens with zero attached hydrogens (tertiary/aromatic N) is 1. The maximum Gasteiger partial charge on any atom is 0.416 e. The van der Waals surface area contributed by atoms with Crippen LogP contribution in [-0.4, -0.2) is 23.9 Å². The predicted molar refractivity (Wildman–Crippen MR) is 89.5 cm³/mol. The van der Waals surface area contributed by atoms with Gasteiger partial charge in [0.15, 0.2) is 5.78 Å². The molecule has 2 aromatic rings. The molecule has 0 aliphatic carbocycles. The zero-order valence-electron chi connectivity index (χ0n) is 13.2. The number of benzene rings is 1. The minimum absolute atomic E-state index is 0.0113. The molecule has 0 amide bonds. The third-order valence-electron chi connectivity index (χ3n) is 3.84. The maximum atomic E-state index is 13.1. The Hall–Kier alpha value is -2.73. The van der Waals surface area contributed by atoms with Crippen molar-refractivity contribution in [3.63, 3.8) is 0 Å². The van der Waals surface area contributed by atoms with Crippen LogP contribution >= 0.6 is 0 Å². The van der Waals surface area contributed by atoms with E-state index in [2.05, 4.69) is 10.3 Å². The lowest BCUT2D eigenvalue weighted by atomic mass is 9.94. The van der Waals surface area contributed by atoms with Gasteiger partial charge in [-0.05, 0) is 35.4 Å². The highest BCUT2D eigenvalue weighted by molar-refractivity contribution is 6.14. The summed E-state index contributed by atoms with van der Waals surface area (Å²) in [5.41, 5.74) is 0.805. The minimum Gasteiger partial charge on any atom is -0.308 e. The van der Waals surface area contributed by atoms with Crippen molar-refractivity contribution in [3.8, 4) is 0 Å². The predicted octanol–water partition coefficient (Wildman–Crippen LogP) is 3.74. The summed E-state index contributed by atoms with van der Waals surface area (Å²) in [4.78, 5) is 16.6. The number of rotatable bonds is 2. The molecule has 1 saturated heterocycles. The van der Waals surface area contributed by atoms with Crippen LogP contribution in [0.25, 0.3) is 12.2 Å². The van der Waals surface area contributed by atoms with E-state index in [0.29, 0.717) is 17.7 Å². The number of carbonyl (C=O) groups is 1. The van der Waals surface area contributed by atoms with Gasteiger partial charge in [-0.3, -0.25) is 9.78 Å². The van der Waals surface area contributed by atoms with E-state index in [1.807, 2.05) is 6.07 Å². The standard InChI is InChI=1S/C19H15F3N2O/c20-19(21,22)17-6-2-1-5-14(17)9-16-12-24-11-15(18(16)25)8-13-4-3-7-23-10-13/h1-10,24H,11-12H2/b15-8+,16-9+. The van der Waals surface area contributed by atoms with Crippen LogP contribution in [0.15, 0.2) is 59.9 Å². The molecule has 1 aliphatic heterocycles. The van der Waals surface area contributed by atoms with E-state index < -0.39 is 11.7 Å². The van der Waals surface area contributed by atoms with Gasteiger partial charge in [0.2, 0.25) is 0 Å². The number of pyridine rings is 1. The Morgan fingerprint density at radius 1 is 1.00 bits per heavy atom. The van der Waals surface area contributed by atoms with Crippen molar-refractivity contribution in [2.75, 3.05) is 13.1 Å². The van der Waals surface area contributed by atoms with Crippen LogP contribution in [0.3, 0.4) is 0 Å². The van der Waals surface area contributed by atoms with Gasteiger partial charge in [0.25, 0.3) is 0 Å². The van der Waals surface area contributed by atoms with E-state index in [-0.39, 0.29) is 17.9 Å². The van der Waals surface area contributed by atoms with E-state index in [4.69, 9.17) is 0 Å². The first-order valence-electron chi connectivity index (χ1n) is 7.68. The molecule has 0 saturated carbocycles. The second kappa shape index (κ2) is 7.03. The highest BCUT2D eigenvalue weighted by Gasteiger charge is 2.33. The lowest BCUT2D eigenvalue weighted by Crippen LogP contribution is -2.32. The van der Waals surface area contributed by atoms with Crippen molar-refractivity contribution >= 4 is 17.9 Å². The van der Waals surface area contributed by atoms with Gasteiger partial charge in [-0.2, -0.15) is 13.2 Å². The van der Waals surface area contributed by atoms with E-state index in [0.717, 1.165) is 11.6 Å². The highest BCUT2D eigenvalue weighted by Crippen LogP contribution is 2.33.